The van der Waals surface area contributed by atoms with E-state index in [1.54, 1.807) is 0 Å². The molecule has 0 fully saturated rings. The quantitative estimate of drug-likeness (QED) is 0.348. The third-order valence-electron chi connectivity index (χ3n) is 3.71. The van der Waals surface area contributed by atoms with Crippen LogP contribution in [0.4, 0.5) is 0 Å². The van der Waals surface area contributed by atoms with Gasteiger partial charge in [-0.2, -0.15) is 0 Å². The molecular weight excluding hydrogens is 327 g/mol. The topological polar surface area (TPSA) is 0 Å². The van der Waals surface area contributed by atoms with E-state index < -0.39 is 7.59 Å². The van der Waals surface area contributed by atoms with Gasteiger partial charge in [0.25, 0.3) is 0 Å². The van der Waals surface area contributed by atoms with E-state index in [1.165, 1.54) is 0 Å². The summed E-state index contributed by atoms with van der Waals surface area (Å²) < 4.78 is 0. The average molecular weight is 355 g/mol. The van der Waals surface area contributed by atoms with Gasteiger partial charge in [-0.15, -0.1) is 21.8 Å². The van der Waals surface area contributed by atoms with Crippen molar-refractivity contribution in [3.8, 4) is 0 Å². The van der Waals surface area contributed by atoms with Gasteiger partial charge >= 0.3 is 0 Å². The first kappa shape index (κ1) is 16.2. The standard InChI is InChI=1S/C12H28ISi2/c1-10(2,3)15(14-13,11(4,5)6)12(7,8)9/h14H,1-9H3. The van der Waals surface area contributed by atoms with Crippen molar-refractivity contribution in [1.82, 2.24) is 0 Å². The van der Waals surface area contributed by atoms with Crippen LogP contribution < -0.4 is 0 Å². The third kappa shape index (κ3) is 2.71. The molecule has 0 atom stereocenters. The van der Waals surface area contributed by atoms with E-state index in [1.807, 2.05) is 0 Å². The van der Waals surface area contributed by atoms with Crippen molar-refractivity contribution in [1.29, 1.82) is 0 Å². The summed E-state index contributed by atoms with van der Waals surface area (Å²) in [6.07, 6.45) is 0. The SMILES string of the molecule is CC(C)(C)[Si]([SiH]I)(C(C)(C)C)C(C)(C)C. The number of rotatable bonds is 1. The van der Waals surface area contributed by atoms with Gasteiger partial charge < -0.3 is 0 Å². The predicted octanol–water partition coefficient (Wildman–Crippen LogP) is 5.12. The molecule has 0 spiro atoms. The van der Waals surface area contributed by atoms with Gasteiger partial charge in [0.15, 0.2) is 0 Å². The molecule has 0 nitrogen and oxygen atoms in total. The van der Waals surface area contributed by atoms with Crippen LogP contribution in [-0.2, 0) is 0 Å². The van der Waals surface area contributed by atoms with Crippen LogP contribution in [0.25, 0.3) is 0 Å². The molecule has 0 N–H and O–H groups in total. The largest absolute Gasteiger partial charge is 0.130 e. The molecule has 0 heterocycles. The van der Waals surface area contributed by atoms with E-state index in [-0.39, 0.29) is 0 Å². The van der Waals surface area contributed by atoms with Gasteiger partial charge in [0, 0.05) is 0 Å². The van der Waals surface area contributed by atoms with Crippen molar-refractivity contribution in [2.24, 2.45) is 0 Å². The summed E-state index contributed by atoms with van der Waals surface area (Å²) in [5, 5.41) is 1.50. The minimum Gasteiger partial charge on any atom is -0.130 e. The third-order valence-corrected chi connectivity index (χ3v) is 28.3. The lowest BCUT2D eigenvalue weighted by molar-refractivity contribution is 0.556. The van der Waals surface area contributed by atoms with Gasteiger partial charge in [-0.1, -0.05) is 62.3 Å². The Balaban J connectivity index is 5.78. The molecule has 0 bridgehead atoms. The number of halogens is 1. The molecule has 0 saturated carbocycles. The molecule has 0 saturated heterocycles. The Labute approximate surface area is 113 Å². The maximum atomic E-state index is 2.72. The Kier molecular flexibility index (Phi) is 4.79. The Morgan fingerprint density at radius 1 is 0.667 bits per heavy atom. The molecule has 0 aliphatic heterocycles. The first-order valence-electron chi connectivity index (χ1n) is 5.76. The fourth-order valence-electron chi connectivity index (χ4n) is 3.87. The normalized spacial score (nSPS) is 15.6. The highest BCUT2D eigenvalue weighted by Gasteiger charge is 2.58. The van der Waals surface area contributed by atoms with Gasteiger partial charge in [0.05, 0.1) is 7.59 Å². The van der Waals surface area contributed by atoms with Gasteiger partial charge in [-0.05, 0) is 15.1 Å². The predicted molar refractivity (Wildman–Crippen MR) is 86.1 cm³/mol. The van der Waals surface area contributed by atoms with Crippen molar-refractivity contribution in [2.75, 3.05) is 0 Å². The van der Waals surface area contributed by atoms with Gasteiger partial charge in [-0.25, -0.2) is 0 Å². The number of hydrogen-bond donors (Lipinski definition) is 0. The fourth-order valence-corrected chi connectivity index (χ4v) is 39.8. The van der Waals surface area contributed by atoms with Crippen molar-refractivity contribution >= 4 is 35.9 Å². The van der Waals surface area contributed by atoms with Gasteiger partial charge in [0.1, 0.15) is 6.53 Å². The first-order chi connectivity index (χ1) is 6.31. The van der Waals surface area contributed by atoms with E-state index >= 15 is 0 Å². The first-order valence-corrected chi connectivity index (χ1v) is 13.7. The highest BCUT2D eigenvalue weighted by Crippen LogP contribution is 2.61. The van der Waals surface area contributed by atoms with Crippen LogP contribution in [0.15, 0.2) is 0 Å². The molecule has 0 amide bonds. The molecule has 91 valence electrons. The minimum absolute atomic E-state index is 0.500. The van der Waals surface area contributed by atoms with Crippen LogP contribution in [0, 0.1) is 0 Å². The molecule has 0 aliphatic rings. The minimum atomic E-state index is -1.30. The van der Waals surface area contributed by atoms with E-state index in [0.29, 0.717) is 21.6 Å². The Bertz CT molecular complexity index is 179. The summed E-state index contributed by atoms with van der Waals surface area (Å²) in [6, 6.07) is 0. The summed E-state index contributed by atoms with van der Waals surface area (Å²) in [4.78, 5) is 0. The molecule has 1 radical (unpaired) electrons. The molecule has 0 aromatic carbocycles. The second kappa shape index (κ2) is 4.44. The Morgan fingerprint density at radius 2 is 0.867 bits per heavy atom. The summed E-state index contributed by atoms with van der Waals surface area (Å²) in [7, 11) is -1.30. The van der Waals surface area contributed by atoms with Crippen molar-refractivity contribution < 1.29 is 0 Å². The zero-order valence-corrected chi connectivity index (χ0v) is 16.3. The summed E-state index contributed by atoms with van der Waals surface area (Å²) in [5.74, 6) is 0. The van der Waals surface area contributed by atoms with Crippen molar-refractivity contribution in [2.45, 2.75) is 77.4 Å². The Morgan fingerprint density at radius 3 is 0.867 bits per heavy atom. The van der Waals surface area contributed by atoms with E-state index in [2.05, 4.69) is 84.1 Å². The van der Waals surface area contributed by atoms with Crippen LogP contribution >= 0.6 is 21.8 Å². The van der Waals surface area contributed by atoms with Crippen LogP contribution in [-0.4, -0.2) is 14.1 Å². The average Bonchev–Trinajstić information content (AvgIpc) is 1.76. The molecule has 0 aromatic heterocycles. The molecule has 15 heavy (non-hydrogen) atoms. The molecule has 0 rings (SSSR count). The van der Waals surface area contributed by atoms with E-state index in [4.69, 9.17) is 0 Å². The second-order valence-corrected chi connectivity index (χ2v) is 22.9. The highest BCUT2D eigenvalue weighted by atomic mass is 127. The lowest BCUT2D eigenvalue weighted by Gasteiger charge is -2.58. The smallest absolute Gasteiger partial charge is 0.104 e. The molecule has 0 unspecified atom stereocenters. The van der Waals surface area contributed by atoms with Crippen LogP contribution in [0.3, 0.4) is 0 Å². The highest BCUT2D eigenvalue weighted by molar-refractivity contribution is 14.1. The summed E-state index contributed by atoms with van der Waals surface area (Å²) in [5.41, 5.74) is 0. The lowest BCUT2D eigenvalue weighted by atomic mass is 10.2. The Hall–Kier alpha value is 1.16. The molecule has 3 heteroatoms. The zero-order chi connectivity index (χ0) is 12.7. The fraction of sp³-hybridized carbons (Fsp3) is 1.00. The van der Waals surface area contributed by atoms with Gasteiger partial charge in [-0.3, -0.25) is 0 Å². The van der Waals surface area contributed by atoms with Crippen molar-refractivity contribution in [3.63, 3.8) is 0 Å². The van der Waals surface area contributed by atoms with E-state index in [0.717, 1.165) is 0 Å². The maximum absolute atomic E-state index is 2.72. The molecular formula is C12H28ISi2. The van der Waals surface area contributed by atoms with E-state index in [9.17, 15) is 0 Å². The van der Waals surface area contributed by atoms with Crippen LogP contribution in [0.5, 0.6) is 0 Å². The summed E-state index contributed by atoms with van der Waals surface area (Å²) >= 11 is 2.72. The lowest BCUT2D eigenvalue weighted by Crippen LogP contribution is -2.61. The van der Waals surface area contributed by atoms with Gasteiger partial charge in [0.2, 0.25) is 0 Å². The van der Waals surface area contributed by atoms with Crippen molar-refractivity contribution in [3.05, 3.63) is 0 Å². The second-order valence-electron chi connectivity index (χ2n) is 7.67. The maximum Gasteiger partial charge on any atom is 0.104 e. The molecule has 0 aromatic rings. The van der Waals surface area contributed by atoms with Crippen LogP contribution in [0.1, 0.15) is 62.3 Å². The summed E-state index contributed by atoms with van der Waals surface area (Å²) in [6.45, 7) is 22.8. The van der Waals surface area contributed by atoms with Crippen LogP contribution in [0.2, 0.25) is 15.1 Å². The number of hydrogen-bond acceptors (Lipinski definition) is 0. The monoisotopic (exact) mass is 355 g/mol. The molecule has 0 aliphatic carbocycles. The zero-order valence-electron chi connectivity index (χ0n) is 12.0.